The lowest BCUT2D eigenvalue weighted by Crippen LogP contribution is -2.39. The van der Waals surface area contributed by atoms with Crippen LogP contribution < -0.4 is 11.1 Å². The number of halogens is 2. The summed E-state index contributed by atoms with van der Waals surface area (Å²) in [5.74, 6) is 0. The van der Waals surface area contributed by atoms with Gasteiger partial charge in [-0.15, -0.1) is 0 Å². The largest absolute Gasteiger partial charge is 0.378 e. The molecule has 0 aliphatic rings. The fraction of sp³-hybridized carbons (Fsp3) is 0.400. The minimum atomic E-state index is -0.186. The maximum absolute atomic E-state index is 6.02. The Kier molecular flexibility index (Phi) is 3.65. The van der Waals surface area contributed by atoms with Gasteiger partial charge >= 0.3 is 0 Å². The molecule has 0 fully saturated rings. The molecular weight excluding hydrogens is 219 g/mol. The van der Waals surface area contributed by atoms with Crippen LogP contribution in [0, 0.1) is 0 Å². The van der Waals surface area contributed by atoms with E-state index < -0.39 is 0 Å². The van der Waals surface area contributed by atoms with Gasteiger partial charge in [-0.2, -0.15) is 0 Å². The van der Waals surface area contributed by atoms with Gasteiger partial charge in [0.1, 0.15) is 0 Å². The van der Waals surface area contributed by atoms with Gasteiger partial charge in [-0.1, -0.05) is 29.3 Å². The number of rotatable bonds is 3. The van der Waals surface area contributed by atoms with Crippen molar-refractivity contribution in [3.8, 4) is 0 Å². The van der Waals surface area contributed by atoms with Crippen LogP contribution in [0.2, 0.25) is 10.0 Å². The Balaban J connectivity index is 2.92. The molecule has 0 aliphatic carbocycles. The predicted octanol–water partition coefficient (Wildman–Crippen LogP) is 3.14. The molecule has 0 saturated carbocycles. The number of benzene rings is 1. The summed E-state index contributed by atoms with van der Waals surface area (Å²) in [7, 11) is 0. The highest BCUT2D eigenvalue weighted by Gasteiger charge is 2.16. The molecule has 14 heavy (non-hydrogen) atoms. The lowest BCUT2D eigenvalue weighted by Gasteiger charge is -2.26. The van der Waals surface area contributed by atoms with Crippen molar-refractivity contribution in [1.29, 1.82) is 0 Å². The van der Waals surface area contributed by atoms with Gasteiger partial charge in [0.05, 0.1) is 15.7 Å². The van der Waals surface area contributed by atoms with Crippen LogP contribution in [0.1, 0.15) is 13.8 Å². The van der Waals surface area contributed by atoms with Crippen LogP contribution in [-0.2, 0) is 0 Å². The van der Waals surface area contributed by atoms with E-state index in [0.717, 1.165) is 5.69 Å². The zero-order valence-corrected chi connectivity index (χ0v) is 9.78. The van der Waals surface area contributed by atoms with E-state index in [1.54, 1.807) is 6.07 Å². The van der Waals surface area contributed by atoms with E-state index in [-0.39, 0.29) is 5.54 Å². The van der Waals surface area contributed by atoms with Crippen molar-refractivity contribution in [3.63, 3.8) is 0 Å². The molecule has 0 bridgehead atoms. The molecule has 78 valence electrons. The maximum Gasteiger partial charge on any atom is 0.0823 e. The SMILES string of the molecule is CC(C)(CN)Nc1cccc(Cl)c1Cl. The summed E-state index contributed by atoms with van der Waals surface area (Å²) in [6.07, 6.45) is 0. The van der Waals surface area contributed by atoms with Gasteiger partial charge in [0.25, 0.3) is 0 Å². The van der Waals surface area contributed by atoms with Crippen LogP contribution in [0.5, 0.6) is 0 Å². The Morgan fingerprint density at radius 1 is 1.36 bits per heavy atom. The van der Waals surface area contributed by atoms with Crippen LogP contribution >= 0.6 is 23.2 Å². The molecule has 0 unspecified atom stereocenters. The molecule has 1 aromatic carbocycles. The van der Waals surface area contributed by atoms with E-state index in [9.17, 15) is 0 Å². The molecular formula is C10H14Cl2N2. The first kappa shape index (κ1) is 11.6. The molecule has 0 aliphatic heterocycles. The second-order valence-corrected chi connectivity index (χ2v) is 4.60. The summed E-state index contributed by atoms with van der Waals surface area (Å²) < 4.78 is 0. The Morgan fingerprint density at radius 3 is 2.57 bits per heavy atom. The van der Waals surface area contributed by atoms with Crippen molar-refractivity contribution in [2.24, 2.45) is 5.73 Å². The third-order valence-electron chi connectivity index (χ3n) is 1.93. The number of anilines is 1. The van der Waals surface area contributed by atoms with Gasteiger partial charge in [0.2, 0.25) is 0 Å². The average molecular weight is 233 g/mol. The second kappa shape index (κ2) is 4.39. The normalized spacial score (nSPS) is 11.5. The Morgan fingerprint density at radius 2 is 2.00 bits per heavy atom. The van der Waals surface area contributed by atoms with Gasteiger partial charge in [-0.25, -0.2) is 0 Å². The summed E-state index contributed by atoms with van der Waals surface area (Å²) in [5, 5.41) is 4.32. The summed E-state index contributed by atoms with van der Waals surface area (Å²) in [6, 6.07) is 5.49. The number of nitrogens with one attached hydrogen (secondary N) is 1. The zero-order valence-electron chi connectivity index (χ0n) is 8.27. The third-order valence-corrected chi connectivity index (χ3v) is 2.75. The lowest BCUT2D eigenvalue weighted by molar-refractivity contribution is 0.580. The smallest absolute Gasteiger partial charge is 0.0823 e. The van der Waals surface area contributed by atoms with Crippen LogP contribution in [-0.4, -0.2) is 12.1 Å². The fourth-order valence-corrected chi connectivity index (χ4v) is 1.36. The topological polar surface area (TPSA) is 38.0 Å². The standard InChI is InChI=1S/C10H14Cl2N2/c1-10(2,6-13)14-8-5-3-4-7(11)9(8)12/h3-5,14H,6,13H2,1-2H3. The van der Waals surface area contributed by atoms with E-state index in [4.69, 9.17) is 28.9 Å². The molecule has 0 radical (unpaired) electrons. The van der Waals surface area contributed by atoms with Crippen LogP contribution in [0.15, 0.2) is 18.2 Å². The van der Waals surface area contributed by atoms with Crippen molar-refractivity contribution < 1.29 is 0 Å². The summed E-state index contributed by atoms with van der Waals surface area (Å²) in [5.41, 5.74) is 6.23. The highest BCUT2D eigenvalue weighted by Crippen LogP contribution is 2.31. The Hall–Kier alpha value is -0.440. The molecule has 1 aromatic rings. The third kappa shape index (κ3) is 2.77. The highest BCUT2D eigenvalue weighted by molar-refractivity contribution is 6.43. The molecule has 2 nitrogen and oxygen atoms in total. The maximum atomic E-state index is 6.02. The zero-order chi connectivity index (χ0) is 10.8. The van der Waals surface area contributed by atoms with Crippen LogP contribution in [0.3, 0.4) is 0 Å². The molecule has 0 amide bonds. The van der Waals surface area contributed by atoms with E-state index in [0.29, 0.717) is 16.6 Å². The summed E-state index contributed by atoms with van der Waals surface area (Å²) in [6.45, 7) is 4.53. The van der Waals surface area contributed by atoms with Crippen molar-refractivity contribution in [1.82, 2.24) is 0 Å². The van der Waals surface area contributed by atoms with Gasteiger partial charge < -0.3 is 11.1 Å². The molecule has 1 rings (SSSR count). The first-order chi connectivity index (χ1) is 6.46. The molecule has 4 heteroatoms. The second-order valence-electron chi connectivity index (χ2n) is 3.81. The van der Waals surface area contributed by atoms with Crippen molar-refractivity contribution in [2.45, 2.75) is 19.4 Å². The van der Waals surface area contributed by atoms with Crippen molar-refractivity contribution in [3.05, 3.63) is 28.2 Å². The fourth-order valence-electron chi connectivity index (χ4n) is 1.02. The monoisotopic (exact) mass is 232 g/mol. The van der Waals surface area contributed by atoms with Gasteiger partial charge in [-0.05, 0) is 26.0 Å². The lowest BCUT2D eigenvalue weighted by atomic mass is 10.1. The van der Waals surface area contributed by atoms with E-state index >= 15 is 0 Å². The van der Waals surface area contributed by atoms with Gasteiger partial charge in [0, 0.05) is 12.1 Å². The Bertz CT molecular complexity index is 324. The molecule has 3 N–H and O–H groups in total. The quantitative estimate of drug-likeness (QED) is 0.841. The number of nitrogens with two attached hydrogens (primary N) is 1. The number of hydrogen-bond acceptors (Lipinski definition) is 2. The first-order valence-electron chi connectivity index (χ1n) is 4.38. The summed E-state index contributed by atoms with van der Waals surface area (Å²) >= 11 is 11.9. The predicted molar refractivity (Wildman–Crippen MR) is 63.2 cm³/mol. The van der Waals surface area contributed by atoms with E-state index in [1.807, 2.05) is 26.0 Å². The molecule has 0 heterocycles. The van der Waals surface area contributed by atoms with E-state index in [2.05, 4.69) is 5.32 Å². The minimum absolute atomic E-state index is 0.186. The molecule has 0 atom stereocenters. The first-order valence-corrected chi connectivity index (χ1v) is 5.14. The van der Waals surface area contributed by atoms with Gasteiger partial charge in [0.15, 0.2) is 0 Å². The average Bonchev–Trinajstić information content (AvgIpc) is 2.13. The highest BCUT2D eigenvalue weighted by atomic mass is 35.5. The Labute approximate surface area is 94.4 Å². The van der Waals surface area contributed by atoms with Crippen LogP contribution in [0.25, 0.3) is 0 Å². The summed E-state index contributed by atoms with van der Waals surface area (Å²) in [4.78, 5) is 0. The van der Waals surface area contributed by atoms with Gasteiger partial charge in [-0.3, -0.25) is 0 Å². The van der Waals surface area contributed by atoms with Crippen LogP contribution in [0.4, 0.5) is 5.69 Å². The number of hydrogen-bond donors (Lipinski definition) is 2. The minimum Gasteiger partial charge on any atom is -0.378 e. The molecule has 0 spiro atoms. The van der Waals surface area contributed by atoms with Crippen molar-refractivity contribution >= 4 is 28.9 Å². The van der Waals surface area contributed by atoms with Crippen molar-refractivity contribution in [2.75, 3.05) is 11.9 Å². The molecule has 0 saturated heterocycles. The molecule has 0 aromatic heterocycles. The van der Waals surface area contributed by atoms with E-state index in [1.165, 1.54) is 0 Å².